The summed E-state index contributed by atoms with van der Waals surface area (Å²) in [6.45, 7) is 0. The van der Waals surface area contributed by atoms with Gasteiger partial charge in [-0.3, -0.25) is 9.55 Å². The Labute approximate surface area is 119 Å². The van der Waals surface area contributed by atoms with Gasteiger partial charge in [0, 0.05) is 12.4 Å². The zero-order valence-corrected chi connectivity index (χ0v) is 11.3. The Morgan fingerprint density at radius 3 is 2.65 bits per heavy atom. The molecule has 96 valence electrons. The molecule has 0 saturated heterocycles. The smallest absolute Gasteiger partial charge is 0.166 e. The van der Waals surface area contributed by atoms with Crippen molar-refractivity contribution in [2.75, 3.05) is 0 Å². The number of nitrogens with zero attached hydrogens (tertiary/aromatic N) is 4. The molecule has 0 bridgehead atoms. The summed E-state index contributed by atoms with van der Waals surface area (Å²) in [4.78, 5) is 13.6. The molecule has 4 nitrogen and oxygen atoms in total. The predicted octanol–water partition coefficient (Wildman–Crippen LogP) is 3.54. The number of aromatic nitrogens is 4. The standard InChI is InChI=1S/C15H10N4S/c1-2-8-16-11(5-1)15-18-12-6-3-9-17-14(12)19(15)13-7-4-10-20-13/h1-10H. The summed E-state index contributed by atoms with van der Waals surface area (Å²) in [6.07, 6.45) is 3.57. The van der Waals surface area contributed by atoms with Crippen LogP contribution in [0.2, 0.25) is 0 Å². The lowest BCUT2D eigenvalue weighted by atomic mass is 10.3. The summed E-state index contributed by atoms with van der Waals surface area (Å²) in [6, 6.07) is 13.8. The van der Waals surface area contributed by atoms with Crippen LogP contribution in [0.4, 0.5) is 0 Å². The fourth-order valence-corrected chi connectivity index (χ4v) is 2.92. The van der Waals surface area contributed by atoms with E-state index in [4.69, 9.17) is 0 Å². The van der Waals surface area contributed by atoms with E-state index in [1.54, 1.807) is 23.7 Å². The van der Waals surface area contributed by atoms with Crippen molar-refractivity contribution in [3.8, 4) is 16.5 Å². The van der Waals surface area contributed by atoms with Crippen molar-refractivity contribution < 1.29 is 0 Å². The van der Waals surface area contributed by atoms with Crippen LogP contribution >= 0.6 is 11.3 Å². The highest BCUT2D eigenvalue weighted by atomic mass is 32.1. The molecule has 0 spiro atoms. The molecule has 5 heteroatoms. The molecule has 20 heavy (non-hydrogen) atoms. The van der Waals surface area contributed by atoms with Crippen LogP contribution in [0.3, 0.4) is 0 Å². The van der Waals surface area contributed by atoms with Gasteiger partial charge in [-0.1, -0.05) is 6.07 Å². The highest BCUT2D eigenvalue weighted by Crippen LogP contribution is 2.28. The van der Waals surface area contributed by atoms with Crippen LogP contribution in [0, 0.1) is 0 Å². The first-order valence-electron chi connectivity index (χ1n) is 6.22. The summed E-state index contributed by atoms with van der Waals surface area (Å²) >= 11 is 1.66. The minimum Gasteiger partial charge on any atom is -0.266 e. The second kappa shape index (κ2) is 4.54. The molecule has 0 radical (unpaired) electrons. The van der Waals surface area contributed by atoms with Gasteiger partial charge >= 0.3 is 0 Å². The molecule has 0 fully saturated rings. The van der Waals surface area contributed by atoms with E-state index in [2.05, 4.69) is 25.6 Å². The zero-order valence-electron chi connectivity index (χ0n) is 10.5. The number of imidazole rings is 1. The van der Waals surface area contributed by atoms with Gasteiger partial charge < -0.3 is 0 Å². The van der Waals surface area contributed by atoms with Crippen LogP contribution in [0.1, 0.15) is 0 Å². The number of pyridine rings is 2. The van der Waals surface area contributed by atoms with Crippen molar-refractivity contribution in [3.63, 3.8) is 0 Å². The molecule has 0 unspecified atom stereocenters. The Hall–Kier alpha value is -2.53. The summed E-state index contributed by atoms with van der Waals surface area (Å²) in [5, 5.41) is 3.14. The second-order valence-electron chi connectivity index (χ2n) is 4.28. The Bertz CT molecular complexity index is 850. The van der Waals surface area contributed by atoms with Crippen LogP contribution < -0.4 is 0 Å². The summed E-state index contributed by atoms with van der Waals surface area (Å²) in [5.41, 5.74) is 2.58. The third-order valence-electron chi connectivity index (χ3n) is 3.04. The lowest BCUT2D eigenvalue weighted by Gasteiger charge is -2.04. The van der Waals surface area contributed by atoms with Crippen molar-refractivity contribution in [1.29, 1.82) is 0 Å². The summed E-state index contributed by atoms with van der Waals surface area (Å²) in [5.74, 6) is 0.821. The third-order valence-corrected chi connectivity index (χ3v) is 3.89. The molecular weight excluding hydrogens is 268 g/mol. The quantitative estimate of drug-likeness (QED) is 0.563. The van der Waals surface area contributed by atoms with Crippen LogP contribution in [-0.2, 0) is 0 Å². The number of thiophene rings is 1. The lowest BCUT2D eigenvalue weighted by Crippen LogP contribution is -1.97. The number of hydrogen-bond acceptors (Lipinski definition) is 4. The topological polar surface area (TPSA) is 43.6 Å². The zero-order chi connectivity index (χ0) is 13.4. The molecule has 0 N–H and O–H groups in total. The monoisotopic (exact) mass is 278 g/mol. The molecule has 0 amide bonds. The molecule has 0 aliphatic carbocycles. The average Bonchev–Trinajstić information content (AvgIpc) is 3.14. The molecule has 4 aromatic heterocycles. The van der Waals surface area contributed by atoms with E-state index in [-0.39, 0.29) is 0 Å². The van der Waals surface area contributed by atoms with Crippen molar-refractivity contribution >= 4 is 22.5 Å². The van der Waals surface area contributed by atoms with Crippen LogP contribution in [0.15, 0.2) is 60.2 Å². The Morgan fingerprint density at radius 2 is 1.85 bits per heavy atom. The maximum atomic E-state index is 4.68. The van der Waals surface area contributed by atoms with Gasteiger partial charge in [-0.2, -0.15) is 0 Å². The van der Waals surface area contributed by atoms with Gasteiger partial charge in [0.25, 0.3) is 0 Å². The SMILES string of the molecule is c1ccc(-c2nc3cccnc3n2-c2cccs2)nc1. The Kier molecular flexibility index (Phi) is 2.57. The first-order valence-corrected chi connectivity index (χ1v) is 7.10. The Balaban J connectivity index is 2.08. The van der Waals surface area contributed by atoms with Crippen LogP contribution in [-0.4, -0.2) is 19.5 Å². The maximum absolute atomic E-state index is 4.68. The van der Waals surface area contributed by atoms with Gasteiger partial charge in [0.1, 0.15) is 16.2 Å². The third kappa shape index (κ3) is 1.71. The highest BCUT2D eigenvalue weighted by molar-refractivity contribution is 7.12. The fraction of sp³-hybridized carbons (Fsp3) is 0. The fourth-order valence-electron chi connectivity index (χ4n) is 2.19. The highest BCUT2D eigenvalue weighted by Gasteiger charge is 2.15. The van der Waals surface area contributed by atoms with Crippen LogP contribution in [0.25, 0.3) is 27.7 Å². The first kappa shape index (κ1) is 11.3. The van der Waals surface area contributed by atoms with E-state index >= 15 is 0 Å². The average molecular weight is 278 g/mol. The predicted molar refractivity (Wildman–Crippen MR) is 80.0 cm³/mol. The lowest BCUT2D eigenvalue weighted by molar-refractivity contribution is 1.08. The minimum absolute atomic E-state index is 0.821. The van der Waals surface area contributed by atoms with E-state index in [1.807, 2.05) is 41.8 Å². The van der Waals surface area contributed by atoms with E-state index in [0.717, 1.165) is 27.7 Å². The molecule has 0 aliphatic rings. The first-order chi connectivity index (χ1) is 9.93. The van der Waals surface area contributed by atoms with Gasteiger partial charge in [0.15, 0.2) is 11.5 Å². The molecule has 0 aliphatic heterocycles. The molecular formula is C15H10N4S. The van der Waals surface area contributed by atoms with Gasteiger partial charge in [-0.15, -0.1) is 11.3 Å². The van der Waals surface area contributed by atoms with E-state index in [9.17, 15) is 0 Å². The number of rotatable bonds is 2. The van der Waals surface area contributed by atoms with Gasteiger partial charge in [-0.05, 0) is 41.8 Å². The van der Waals surface area contributed by atoms with E-state index in [1.165, 1.54) is 0 Å². The molecule has 0 saturated carbocycles. The number of hydrogen-bond donors (Lipinski definition) is 0. The molecule has 0 atom stereocenters. The van der Waals surface area contributed by atoms with Crippen LogP contribution in [0.5, 0.6) is 0 Å². The van der Waals surface area contributed by atoms with Crippen molar-refractivity contribution in [2.24, 2.45) is 0 Å². The largest absolute Gasteiger partial charge is 0.266 e. The summed E-state index contributed by atoms with van der Waals surface area (Å²) < 4.78 is 2.06. The van der Waals surface area contributed by atoms with E-state index in [0.29, 0.717) is 0 Å². The summed E-state index contributed by atoms with van der Waals surface area (Å²) in [7, 11) is 0. The molecule has 4 heterocycles. The van der Waals surface area contributed by atoms with Gasteiger partial charge in [-0.25, -0.2) is 9.97 Å². The van der Waals surface area contributed by atoms with Crippen molar-refractivity contribution in [3.05, 3.63) is 60.2 Å². The van der Waals surface area contributed by atoms with Gasteiger partial charge in [0.2, 0.25) is 0 Å². The normalized spacial score (nSPS) is 11.0. The van der Waals surface area contributed by atoms with E-state index < -0.39 is 0 Å². The maximum Gasteiger partial charge on any atom is 0.166 e. The molecule has 4 rings (SSSR count). The second-order valence-corrected chi connectivity index (χ2v) is 5.21. The molecule has 4 aromatic rings. The van der Waals surface area contributed by atoms with Crippen molar-refractivity contribution in [2.45, 2.75) is 0 Å². The number of fused-ring (bicyclic) bond motifs is 1. The van der Waals surface area contributed by atoms with Crippen molar-refractivity contribution in [1.82, 2.24) is 19.5 Å². The van der Waals surface area contributed by atoms with Gasteiger partial charge in [0.05, 0.1) is 0 Å². The minimum atomic E-state index is 0.821. The molecule has 0 aromatic carbocycles. The Morgan fingerprint density at radius 1 is 0.900 bits per heavy atom.